The molecule has 2 aromatic rings. The summed E-state index contributed by atoms with van der Waals surface area (Å²) >= 11 is 0. The number of hydrogen-bond donors (Lipinski definition) is 1. The highest BCUT2D eigenvalue weighted by atomic mass is 16.2. The van der Waals surface area contributed by atoms with Crippen molar-refractivity contribution in [1.29, 1.82) is 0 Å². The summed E-state index contributed by atoms with van der Waals surface area (Å²) in [7, 11) is 0. The van der Waals surface area contributed by atoms with E-state index in [1.54, 1.807) is 6.20 Å². The van der Waals surface area contributed by atoms with Crippen LogP contribution in [0, 0.1) is 17.8 Å². The molecule has 2 aliphatic carbocycles. The minimum Gasteiger partial charge on any atom is -0.354 e. The topological polar surface area (TPSA) is 64.0 Å². The van der Waals surface area contributed by atoms with E-state index >= 15 is 0 Å². The Balaban J connectivity index is 1.40. The Hall–Kier alpha value is -2.69. The summed E-state index contributed by atoms with van der Waals surface area (Å²) in [5, 5.41) is 2.99. The molecular weight excluding hydrogens is 314 g/mol. The Kier molecular flexibility index (Phi) is 4.22. The molecule has 0 aliphatic heterocycles. The van der Waals surface area contributed by atoms with Crippen LogP contribution < -0.4 is 10.9 Å². The van der Waals surface area contributed by atoms with Crippen molar-refractivity contribution < 1.29 is 4.79 Å². The molecule has 2 bridgehead atoms. The summed E-state index contributed by atoms with van der Waals surface area (Å²) in [6.45, 7) is 0.716. The zero-order valence-electron chi connectivity index (χ0n) is 14.0. The first kappa shape index (κ1) is 15.8. The maximum absolute atomic E-state index is 12.3. The highest BCUT2D eigenvalue weighted by Crippen LogP contribution is 2.42. The smallest absolute Gasteiger partial charge is 0.269 e. The first-order chi connectivity index (χ1) is 12.2. The van der Waals surface area contributed by atoms with Crippen molar-refractivity contribution in [2.24, 2.45) is 17.8 Å². The van der Waals surface area contributed by atoms with Crippen molar-refractivity contribution in [3.05, 3.63) is 65.2 Å². The summed E-state index contributed by atoms with van der Waals surface area (Å²) < 4.78 is 1.42. The van der Waals surface area contributed by atoms with Crippen molar-refractivity contribution in [2.75, 3.05) is 6.54 Å². The minimum absolute atomic E-state index is 0.0256. The van der Waals surface area contributed by atoms with E-state index in [-0.39, 0.29) is 18.0 Å². The Bertz CT molecular complexity index is 857. The van der Waals surface area contributed by atoms with Crippen LogP contribution in [0.3, 0.4) is 0 Å². The molecule has 0 unspecified atom stereocenters. The van der Waals surface area contributed by atoms with Gasteiger partial charge in [-0.1, -0.05) is 42.5 Å². The molecule has 128 valence electrons. The fourth-order valence-electron chi connectivity index (χ4n) is 3.91. The quantitative estimate of drug-likeness (QED) is 0.852. The van der Waals surface area contributed by atoms with Gasteiger partial charge in [0.1, 0.15) is 6.54 Å². The minimum atomic E-state index is -0.266. The summed E-state index contributed by atoms with van der Waals surface area (Å²) in [6, 6.07) is 9.63. The second kappa shape index (κ2) is 6.67. The molecule has 1 saturated carbocycles. The molecule has 0 saturated heterocycles. The lowest BCUT2D eigenvalue weighted by molar-refractivity contribution is -0.121. The van der Waals surface area contributed by atoms with E-state index in [0.29, 0.717) is 30.0 Å². The lowest BCUT2D eigenvalue weighted by Gasteiger charge is -2.18. The van der Waals surface area contributed by atoms with E-state index in [4.69, 9.17) is 0 Å². The molecule has 2 aliphatic rings. The van der Waals surface area contributed by atoms with E-state index in [2.05, 4.69) is 22.5 Å². The molecule has 0 radical (unpaired) electrons. The van der Waals surface area contributed by atoms with Crippen molar-refractivity contribution >= 4 is 5.91 Å². The molecule has 1 fully saturated rings. The van der Waals surface area contributed by atoms with Crippen LogP contribution in [0.1, 0.15) is 12.8 Å². The number of benzene rings is 1. The average molecular weight is 335 g/mol. The van der Waals surface area contributed by atoms with Gasteiger partial charge in [0.25, 0.3) is 5.56 Å². The zero-order chi connectivity index (χ0) is 17.2. The second-order valence-corrected chi connectivity index (χ2v) is 6.95. The maximum atomic E-state index is 12.3. The first-order valence-corrected chi connectivity index (χ1v) is 8.76. The predicted octanol–water partition coefficient (Wildman–Crippen LogP) is 2.24. The molecule has 1 aromatic heterocycles. The number of nitrogens with one attached hydrogen (secondary N) is 1. The van der Waals surface area contributed by atoms with Crippen LogP contribution in [0.25, 0.3) is 11.3 Å². The lowest BCUT2D eigenvalue weighted by Crippen LogP contribution is -2.35. The van der Waals surface area contributed by atoms with E-state index < -0.39 is 0 Å². The number of hydrogen-bond acceptors (Lipinski definition) is 3. The van der Waals surface area contributed by atoms with Gasteiger partial charge in [-0.15, -0.1) is 0 Å². The van der Waals surface area contributed by atoms with E-state index in [1.807, 2.05) is 30.3 Å². The van der Waals surface area contributed by atoms with Gasteiger partial charge in [0, 0.05) is 18.3 Å². The highest BCUT2D eigenvalue weighted by Gasteiger charge is 2.35. The first-order valence-electron chi connectivity index (χ1n) is 8.76. The Morgan fingerprint density at radius 3 is 2.76 bits per heavy atom. The van der Waals surface area contributed by atoms with Crippen molar-refractivity contribution in [3.63, 3.8) is 0 Å². The third kappa shape index (κ3) is 3.40. The van der Waals surface area contributed by atoms with Gasteiger partial charge in [-0.25, -0.2) is 4.98 Å². The van der Waals surface area contributed by atoms with E-state index in [0.717, 1.165) is 12.0 Å². The molecule has 1 N–H and O–H groups in total. The number of rotatable bonds is 5. The number of carbonyl (C=O) groups is 1. The Morgan fingerprint density at radius 1 is 1.20 bits per heavy atom. The summed E-state index contributed by atoms with van der Waals surface area (Å²) in [5.74, 6) is 1.72. The molecule has 25 heavy (non-hydrogen) atoms. The largest absolute Gasteiger partial charge is 0.354 e. The molecular formula is C20H21N3O2. The summed E-state index contributed by atoms with van der Waals surface area (Å²) in [5.41, 5.74) is 1.34. The molecule has 1 aromatic carbocycles. The van der Waals surface area contributed by atoms with Gasteiger partial charge in [0.05, 0.1) is 11.9 Å². The monoisotopic (exact) mass is 335 g/mol. The number of carbonyl (C=O) groups excluding carboxylic acids is 1. The maximum Gasteiger partial charge on any atom is 0.269 e. The van der Waals surface area contributed by atoms with Gasteiger partial charge in [0.2, 0.25) is 5.91 Å². The SMILES string of the molecule is O=C(Cn1cc(-c2ccccc2)ncc1=O)NC[C@@H]1C[C@H]2C=C[C@H]1C2. The van der Waals surface area contributed by atoms with Gasteiger partial charge in [-0.3, -0.25) is 9.59 Å². The fraction of sp³-hybridized carbons (Fsp3) is 0.350. The van der Waals surface area contributed by atoms with Gasteiger partial charge in [-0.05, 0) is 30.6 Å². The van der Waals surface area contributed by atoms with E-state index in [9.17, 15) is 9.59 Å². The molecule has 4 rings (SSSR count). The number of allylic oxidation sites excluding steroid dienone is 2. The van der Waals surface area contributed by atoms with Crippen molar-refractivity contribution in [1.82, 2.24) is 14.9 Å². The molecule has 5 heteroatoms. The zero-order valence-corrected chi connectivity index (χ0v) is 14.0. The molecule has 1 heterocycles. The van der Waals surface area contributed by atoms with Crippen LogP contribution in [0.15, 0.2) is 59.7 Å². The van der Waals surface area contributed by atoms with Crippen molar-refractivity contribution in [3.8, 4) is 11.3 Å². The summed E-state index contributed by atoms with van der Waals surface area (Å²) in [4.78, 5) is 28.5. The van der Waals surface area contributed by atoms with E-state index in [1.165, 1.54) is 17.2 Å². The lowest BCUT2D eigenvalue weighted by atomic mass is 9.94. The second-order valence-electron chi connectivity index (χ2n) is 6.95. The van der Waals surface area contributed by atoms with Crippen LogP contribution in [0.2, 0.25) is 0 Å². The molecule has 1 amide bonds. The van der Waals surface area contributed by atoms with Gasteiger partial charge < -0.3 is 9.88 Å². The average Bonchev–Trinajstić information content (AvgIpc) is 3.26. The van der Waals surface area contributed by atoms with Gasteiger partial charge in [0.15, 0.2) is 0 Å². The Morgan fingerprint density at radius 2 is 2.04 bits per heavy atom. The standard InChI is InChI=1S/C20H21N3O2/c24-19(22-10-17-9-14-6-7-16(17)8-14)13-23-12-18(21-11-20(23)25)15-4-2-1-3-5-15/h1-7,11-12,14,16-17H,8-10,13H2,(H,22,24)/t14-,16-,17-/m0/s1. The fourth-order valence-corrected chi connectivity index (χ4v) is 3.91. The molecule has 0 spiro atoms. The number of nitrogens with zero attached hydrogens (tertiary/aromatic N) is 2. The number of amides is 1. The van der Waals surface area contributed by atoms with Crippen LogP contribution in [0.5, 0.6) is 0 Å². The van der Waals surface area contributed by atoms with Crippen LogP contribution in [0.4, 0.5) is 0 Å². The third-order valence-corrected chi connectivity index (χ3v) is 5.24. The van der Waals surface area contributed by atoms with Gasteiger partial charge >= 0.3 is 0 Å². The molecule has 3 atom stereocenters. The van der Waals surface area contributed by atoms with Crippen LogP contribution >= 0.6 is 0 Å². The number of aromatic nitrogens is 2. The van der Waals surface area contributed by atoms with Crippen molar-refractivity contribution in [2.45, 2.75) is 19.4 Å². The van der Waals surface area contributed by atoms with Crippen LogP contribution in [-0.2, 0) is 11.3 Å². The summed E-state index contributed by atoms with van der Waals surface area (Å²) in [6.07, 6.45) is 9.89. The highest BCUT2D eigenvalue weighted by molar-refractivity contribution is 5.75. The number of fused-ring (bicyclic) bond motifs is 2. The Labute approximate surface area is 146 Å². The normalized spacial score (nSPS) is 23.8. The third-order valence-electron chi connectivity index (χ3n) is 5.24. The molecule has 5 nitrogen and oxygen atoms in total. The van der Waals surface area contributed by atoms with Crippen LogP contribution in [-0.4, -0.2) is 22.0 Å². The predicted molar refractivity (Wildman–Crippen MR) is 95.8 cm³/mol. The van der Waals surface area contributed by atoms with Gasteiger partial charge in [-0.2, -0.15) is 0 Å².